The largest absolute Gasteiger partial charge is 0.353 e. The Balaban J connectivity index is 1.61. The maximum absolute atomic E-state index is 11.9. The summed E-state index contributed by atoms with van der Waals surface area (Å²) >= 11 is 1.42. The molecule has 2 N–H and O–H groups in total. The second kappa shape index (κ2) is 9.05. The van der Waals surface area contributed by atoms with Gasteiger partial charge in [-0.25, -0.2) is 15.0 Å². The highest BCUT2D eigenvalue weighted by Crippen LogP contribution is 2.35. The summed E-state index contributed by atoms with van der Waals surface area (Å²) in [6, 6.07) is 13.8. The molecule has 0 spiro atoms. The number of unbranched alkanes of at least 4 members (excludes halogenated alkanes) is 1. The lowest BCUT2D eigenvalue weighted by molar-refractivity contribution is -0.383. The van der Waals surface area contributed by atoms with Crippen LogP contribution < -0.4 is 10.6 Å². The Morgan fingerprint density at radius 3 is 2.48 bits per heavy atom. The van der Waals surface area contributed by atoms with Crippen LogP contribution in [0.2, 0.25) is 0 Å². The van der Waals surface area contributed by atoms with Crippen LogP contribution in [0.15, 0.2) is 48.8 Å². The fourth-order valence-electron chi connectivity index (χ4n) is 3.25. The van der Waals surface area contributed by atoms with Crippen molar-refractivity contribution in [3.05, 3.63) is 70.0 Å². The molecule has 2 heterocycles. The average Bonchev–Trinajstić information content (AvgIpc) is 3.17. The Hall–Kier alpha value is -3.59. The highest BCUT2D eigenvalue weighted by atomic mass is 32.1. The normalized spacial score (nSPS) is 10.9. The molecule has 31 heavy (non-hydrogen) atoms. The molecule has 0 unspecified atom stereocenters. The molecule has 0 saturated carbocycles. The summed E-state index contributed by atoms with van der Waals surface area (Å²) in [7, 11) is 0. The van der Waals surface area contributed by atoms with E-state index < -0.39 is 4.92 Å². The van der Waals surface area contributed by atoms with Crippen molar-refractivity contribution in [1.29, 1.82) is 0 Å². The van der Waals surface area contributed by atoms with Gasteiger partial charge in [0, 0.05) is 5.69 Å². The minimum atomic E-state index is -0.487. The van der Waals surface area contributed by atoms with E-state index in [0.717, 1.165) is 40.7 Å². The Morgan fingerprint density at radius 2 is 1.81 bits per heavy atom. The number of aryl methyl sites for hydroxylation is 2. The number of anilines is 4. The Kier molecular flexibility index (Phi) is 6.03. The van der Waals surface area contributed by atoms with Gasteiger partial charge >= 0.3 is 5.69 Å². The Bertz CT molecular complexity index is 1220. The van der Waals surface area contributed by atoms with Crippen LogP contribution in [0, 0.1) is 17.0 Å². The summed E-state index contributed by atoms with van der Waals surface area (Å²) < 4.78 is 1.00. The minimum absolute atomic E-state index is 0.0961. The second-order valence-electron chi connectivity index (χ2n) is 7.17. The lowest BCUT2D eigenvalue weighted by Crippen LogP contribution is -2.05. The zero-order chi connectivity index (χ0) is 21.8. The van der Waals surface area contributed by atoms with Crippen LogP contribution in [0.4, 0.5) is 28.1 Å². The first-order valence-corrected chi connectivity index (χ1v) is 10.9. The molecule has 8 nitrogen and oxygen atoms in total. The highest BCUT2D eigenvalue weighted by molar-refractivity contribution is 7.22. The zero-order valence-corrected chi connectivity index (χ0v) is 18.1. The van der Waals surface area contributed by atoms with Crippen LogP contribution in [0.3, 0.4) is 0 Å². The van der Waals surface area contributed by atoms with Crippen molar-refractivity contribution in [2.45, 2.75) is 33.1 Å². The van der Waals surface area contributed by atoms with Gasteiger partial charge in [0.25, 0.3) is 0 Å². The fourth-order valence-corrected chi connectivity index (χ4v) is 4.19. The molecule has 9 heteroatoms. The van der Waals surface area contributed by atoms with Gasteiger partial charge in [-0.2, -0.15) is 0 Å². The van der Waals surface area contributed by atoms with Gasteiger partial charge in [0.05, 0.1) is 15.1 Å². The van der Waals surface area contributed by atoms with Crippen molar-refractivity contribution < 1.29 is 4.92 Å². The van der Waals surface area contributed by atoms with E-state index in [1.165, 1.54) is 23.2 Å². The molecule has 0 saturated heterocycles. The lowest BCUT2D eigenvalue weighted by Gasteiger charge is -2.09. The smallest absolute Gasteiger partial charge is 0.334 e. The standard InChI is InChI=1S/C22H22N6O2S/c1-3-4-7-15-9-11-16(12-10-15)25-20-19(28(29)30)21(24-13-23-20)27-22-26-18-14(2)6-5-8-17(18)31-22/h5-6,8-13H,3-4,7H2,1-2H3,(H2,23,24,25,26,27). The lowest BCUT2D eigenvalue weighted by atomic mass is 10.1. The molecule has 0 aliphatic rings. The number of nitrogens with one attached hydrogen (secondary N) is 2. The van der Waals surface area contributed by atoms with E-state index in [9.17, 15) is 10.1 Å². The average molecular weight is 435 g/mol. The van der Waals surface area contributed by atoms with E-state index in [4.69, 9.17) is 0 Å². The van der Waals surface area contributed by atoms with Gasteiger partial charge in [-0.1, -0.05) is 48.9 Å². The SMILES string of the molecule is CCCCc1ccc(Nc2ncnc(Nc3nc4c(C)cccc4s3)c2[N+](=O)[O-])cc1. The molecular formula is C22H22N6O2S. The van der Waals surface area contributed by atoms with E-state index in [1.807, 2.05) is 49.4 Å². The number of rotatable bonds is 8. The molecule has 0 bridgehead atoms. The van der Waals surface area contributed by atoms with E-state index in [2.05, 4.69) is 32.5 Å². The maximum Gasteiger partial charge on any atom is 0.353 e. The molecule has 0 fully saturated rings. The highest BCUT2D eigenvalue weighted by Gasteiger charge is 2.24. The number of thiazole rings is 1. The van der Waals surface area contributed by atoms with Crippen LogP contribution in [0.1, 0.15) is 30.9 Å². The van der Waals surface area contributed by atoms with Gasteiger partial charge < -0.3 is 10.6 Å². The van der Waals surface area contributed by atoms with Gasteiger partial charge in [-0.15, -0.1) is 0 Å². The van der Waals surface area contributed by atoms with Crippen LogP contribution in [0.25, 0.3) is 10.2 Å². The van der Waals surface area contributed by atoms with Gasteiger partial charge in [-0.3, -0.25) is 10.1 Å². The van der Waals surface area contributed by atoms with Crippen molar-refractivity contribution >= 4 is 49.7 Å². The summed E-state index contributed by atoms with van der Waals surface area (Å²) in [5, 5.41) is 18.4. The first kappa shape index (κ1) is 20.7. The second-order valence-corrected chi connectivity index (χ2v) is 8.20. The number of hydrogen-bond acceptors (Lipinski definition) is 8. The zero-order valence-electron chi connectivity index (χ0n) is 17.3. The predicted molar refractivity (Wildman–Crippen MR) is 125 cm³/mol. The van der Waals surface area contributed by atoms with Crippen molar-refractivity contribution in [3.63, 3.8) is 0 Å². The molecule has 0 radical (unpaired) electrons. The van der Waals surface area contributed by atoms with Crippen LogP contribution >= 0.6 is 11.3 Å². The third-order valence-corrected chi connectivity index (χ3v) is 5.82. The number of benzene rings is 2. The van der Waals surface area contributed by atoms with Crippen molar-refractivity contribution in [2.75, 3.05) is 10.6 Å². The summed E-state index contributed by atoms with van der Waals surface area (Å²) in [4.78, 5) is 24.1. The molecule has 2 aromatic carbocycles. The molecule has 4 aromatic rings. The van der Waals surface area contributed by atoms with E-state index in [1.54, 1.807) is 0 Å². The number of nitro groups is 1. The van der Waals surface area contributed by atoms with Crippen molar-refractivity contribution in [1.82, 2.24) is 15.0 Å². The number of hydrogen-bond donors (Lipinski definition) is 2. The number of aromatic nitrogens is 3. The molecule has 158 valence electrons. The number of nitrogens with zero attached hydrogens (tertiary/aromatic N) is 4. The van der Waals surface area contributed by atoms with Gasteiger partial charge in [0.2, 0.25) is 11.6 Å². The number of para-hydroxylation sites is 1. The molecule has 0 amide bonds. The summed E-state index contributed by atoms with van der Waals surface area (Å²) in [5.74, 6) is 0.222. The van der Waals surface area contributed by atoms with Crippen LogP contribution in [0.5, 0.6) is 0 Å². The first-order chi connectivity index (χ1) is 15.0. The van der Waals surface area contributed by atoms with Crippen molar-refractivity contribution in [3.8, 4) is 0 Å². The van der Waals surface area contributed by atoms with E-state index in [-0.39, 0.29) is 17.3 Å². The first-order valence-electron chi connectivity index (χ1n) is 10.0. The van der Waals surface area contributed by atoms with E-state index >= 15 is 0 Å². The quantitative estimate of drug-likeness (QED) is 0.254. The summed E-state index contributed by atoms with van der Waals surface area (Å²) in [5.41, 5.74) is 3.65. The van der Waals surface area contributed by atoms with Crippen LogP contribution in [-0.4, -0.2) is 19.9 Å². The fraction of sp³-hybridized carbons (Fsp3) is 0.227. The summed E-state index contributed by atoms with van der Waals surface area (Å²) in [6.07, 6.45) is 4.58. The van der Waals surface area contributed by atoms with Crippen LogP contribution in [-0.2, 0) is 6.42 Å². The number of fused-ring (bicyclic) bond motifs is 1. The van der Waals surface area contributed by atoms with Gasteiger partial charge in [0.15, 0.2) is 5.13 Å². The molecule has 4 rings (SSSR count). The minimum Gasteiger partial charge on any atom is -0.334 e. The molecule has 2 aromatic heterocycles. The topological polar surface area (TPSA) is 106 Å². The third-order valence-electron chi connectivity index (χ3n) is 4.89. The predicted octanol–water partition coefficient (Wildman–Crippen LogP) is 6.13. The molecular weight excluding hydrogens is 412 g/mol. The Labute approximate surface area is 183 Å². The monoisotopic (exact) mass is 434 g/mol. The van der Waals surface area contributed by atoms with E-state index in [0.29, 0.717) is 5.13 Å². The van der Waals surface area contributed by atoms with Gasteiger partial charge in [-0.05, 0) is 49.1 Å². The maximum atomic E-state index is 11.9. The molecule has 0 aliphatic heterocycles. The molecule has 0 atom stereocenters. The molecule has 0 aliphatic carbocycles. The summed E-state index contributed by atoms with van der Waals surface area (Å²) in [6.45, 7) is 4.14. The van der Waals surface area contributed by atoms with Crippen molar-refractivity contribution in [2.24, 2.45) is 0 Å². The Morgan fingerprint density at radius 1 is 1.06 bits per heavy atom. The third kappa shape index (κ3) is 4.61. The van der Waals surface area contributed by atoms with Gasteiger partial charge in [0.1, 0.15) is 6.33 Å².